The van der Waals surface area contributed by atoms with Gasteiger partial charge in [0.15, 0.2) is 5.82 Å². The van der Waals surface area contributed by atoms with E-state index in [4.69, 9.17) is 22.4 Å². The minimum absolute atomic E-state index is 0.0173. The predicted octanol–water partition coefficient (Wildman–Crippen LogP) is 3.84. The highest BCUT2D eigenvalue weighted by Gasteiger charge is 2.26. The lowest BCUT2D eigenvalue weighted by Gasteiger charge is -2.30. The molecule has 0 bridgehead atoms. The van der Waals surface area contributed by atoms with Crippen LogP contribution in [0.5, 0.6) is 17.5 Å². The van der Waals surface area contributed by atoms with Crippen molar-refractivity contribution < 1.29 is 26.6 Å². The van der Waals surface area contributed by atoms with Crippen molar-refractivity contribution in [2.45, 2.75) is 51.6 Å². The minimum Gasteiger partial charge on any atom is -0.474 e. The Balaban J connectivity index is 1.17. The van der Waals surface area contributed by atoms with Gasteiger partial charge in [0.25, 0.3) is 0 Å². The van der Waals surface area contributed by atoms with E-state index in [9.17, 15) is 4.21 Å². The Kier molecular flexibility index (Phi) is 7.44. The van der Waals surface area contributed by atoms with Crippen molar-refractivity contribution in [3.63, 3.8) is 0 Å². The van der Waals surface area contributed by atoms with E-state index in [0.717, 1.165) is 42.9 Å². The SMILES string of the molecule is Cc1c(Oc2ccc([C@H]3CO[S@](=O)OC3)cc2)ncnc1OC1CCN(c2nc(C(C)C)no2)CC1. The molecule has 5 rings (SSSR count). The summed E-state index contributed by atoms with van der Waals surface area (Å²) in [7, 11) is 0. The van der Waals surface area contributed by atoms with Gasteiger partial charge in [0.1, 0.15) is 18.2 Å². The maximum atomic E-state index is 11.2. The molecule has 2 saturated heterocycles. The second-order valence-corrected chi connectivity index (χ2v) is 10.0. The molecule has 0 saturated carbocycles. The van der Waals surface area contributed by atoms with Crippen LogP contribution in [-0.2, 0) is 19.7 Å². The highest BCUT2D eigenvalue weighted by Crippen LogP contribution is 2.31. The van der Waals surface area contributed by atoms with Gasteiger partial charge < -0.3 is 18.9 Å². The van der Waals surface area contributed by atoms with Crippen LogP contribution in [0.2, 0.25) is 0 Å². The monoisotopic (exact) mass is 515 g/mol. The summed E-state index contributed by atoms with van der Waals surface area (Å²) in [5.41, 5.74) is 1.76. The topological polar surface area (TPSA) is 122 Å². The lowest BCUT2D eigenvalue weighted by molar-refractivity contribution is 0.159. The zero-order valence-corrected chi connectivity index (χ0v) is 21.3. The standard InChI is InChI=1S/C24H29N5O6S/c1-15(2)21-27-24(35-28-21)29-10-8-20(9-11-29)34-23-16(3)22(25-14-26-23)33-19-6-4-17(5-7-19)18-12-31-36(30)32-13-18/h4-7,14-15,18,20H,8-13H2,1-3H3/t18-,36-. The number of ether oxygens (including phenoxy) is 2. The Morgan fingerprint density at radius 3 is 2.42 bits per heavy atom. The quantitative estimate of drug-likeness (QED) is 0.456. The van der Waals surface area contributed by atoms with Crippen LogP contribution >= 0.6 is 0 Å². The Morgan fingerprint density at radius 1 is 1.06 bits per heavy atom. The van der Waals surface area contributed by atoms with Crippen molar-refractivity contribution in [1.29, 1.82) is 0 Å². The molecule has 11 nitrogen and oxygen atoms in total. The van der Waals surface area contributed by atoms with Gasteiger partial charge in [-0.15, -0.1) is 0 Å². The first-order valence-electron chi connectivity index (χ1n) is 12.0. The van der Waals surface area contributed by atoms with Crippen LogP contribution in [0.3, 0.4) is 0 Å². The molecule has 1 aromatic carbocycles. The van der Waals surface area contributed by atoms with E-state index in [1.807, 2.05) is 45.0 Å². The third-order valence-corrected chi connectivity index (χ3v) is 6.88. The zero-order valence-electron chi connectivity index (χ0n) is 20.5. The molecule has 0 radical (unpaired) electrons. The molecule has 0 amide bonds. The maximum Gasteiger partial charge on any atom is 0.324 e. The van der Waals surface area contributed by atoms with Gasteiger partial charge in [-0.3, -0.25) is 8.37 Å². The Morgan fingerprint density at radius 2 is 1.75 bits per heavy atom. The second kappa shape index (κ2) is 10.9. The van der Waals surface area contributed by atoms with Gasteiger partial charge in [-0.25, -0.2) is 9.97 Å². The van der Waals surface area contributed by atoms with Gasteiger partial charge in [-0.05, 0) is 24.6 Å². The van der Waals surface area contributed by atoms with Crippen molar-refractivity contribution in [3.05, 3.63) is 47.5 Å². The van der Waals surface area contributed by atoms with Gasteiger partial charge in [0.05, 0.1) is 18.8 Å². The Hall–Kier alpha value is -3.09. The molecule has 0 unspecified atom stereocenters. The lowest BCUT2D eigenvalue weighted by atomic mass is 10.0. The van der Waals surface area contributed by atoms with Crippen LogP contribution in [0.15, 0.2) is 35.1 Å². The first-order valence-corrected chi connectivity index (χ1v) is 13.0. The number of hydrogen-bond donors (Lipinski definition) is 0. The molecule has 0 atom stereocenters. The van der Waals surface area contributed by atoms with E-state index < -0.39 is 11.4 Å². The molecule has 2 aromatic heterocycles. The Bertz CT molecular complexity index is 1190. The van der Waals surface area contributed by atoms with Crippen molar-refractivity contribution >= 4 is 17.4 Å². The van der Waals surface area contributed by atoms with Crippen molar-refractivity contribution in [2.24, 2.45) is 0 Å². The van der Waals surface area contributed by atoms with E-state index in [1.165, 1.54) is 6.33 Å². The first-order chi connectivity index (χ1) is 17.5. The second-order valence-electron chi connectivity index (χ2n) is 9.14. The number of piperidine rings is 1. The van der Waals surface area contributed by atoms with Crippen LogP contribution in [0.4, 0.5) is 6.01 Å². The number of anilines is 1. The van der Waals surface area contributed by atoms with E-state index in [2.05, 4.69) is 25.0 Å². The molecular weight excluding hydrogens is 486 g/mol. The third-order valence-electron chi connectivity index (χ3n) is 6.23. The molecule has 0 N–H and O–H groups in total. The molecule has 3 aromatic rings. The summed E-state index contributed by atoms with van der Waals surface area (Å²) in [5.74, 6) is 2.57. The van der Waals surface area contributed by atoms with Crippen LogP contribution in [0, 0.1) is 6.92 Å². The minimum atomic E-state index is -1.65. The van der Waals surface area contributed by atoms with Crippen LogP contribution in [0.1, 0.15) is 55.5 Å². The summed E-state index contributed by atoms with van der Waals surface area (Å²) >= 11 is -1.65. The molecule has 4 heterocycles. The fourth-order valence-corrected chi connectivity index (χ4v) is 4.64. The van der Waals surface area contributed by atoms with E-state index in [-0.39, 0.29) is 17.9 Å². The summed E-state index contributed by atoms with van der Waals surface area (Å²) in [6.07, 6.45) is 3.08. The van der Waals surface area contributed by atoms with Crippen molar-refractivity contribution in [3.8, 4) is 17.5 Å². The van der Waals surface area contributed by atoms with E-state index in [0.29, 0.717) is 36.7 Å². The normalized spacial score (nSPS) is 21.1. The number of benzene rings is 1. The van der Waals surface area contributed by atoms with Gasteiger partial charge in [0.2, 0.25) is 11.8 Å². The highest BCUT2D eigenvalue weighted by molar-refractivity contribution is 7.75. The summed E-state index contributed by atoms with van der Waals surface area (Å²) < 4.78 is 39.0. The fraction of sp³-hybridized carbons (Fsp3) is 0.500. The van der Waals surface area contributed by atoms with Crippen molar-refractivity contribution in [2.75, 3.05) is 31.2 Å². The van der Waals surface area contributed by atoms with Crippen LogP contribution in [0.25, 0.3) is 0 Å². The highest BCUT2D eigenvalue weighted by atomic mass is 32.2. The summed E-state index contributed by atoms with van der Waals surface area (Å²) in [4.78, 5) is 15.2. The van der Waals surface area contributed by atoms with Gasteiger partial charge in [0, 0.05) is 37.8 Å². The average molecular weight is 516 g/mol. The van der Waals surface area contributed by atoms with E-state index in [1.54, 1.807) is 0 Å². The zero-order chi connectivity index (χ0) is 25.1. The lowest BCUT2D eigenvalue weighted by Crippen LogP contribution is -2.38. The van der Waals surface area contributed by atoms with Crippen molar-refractivity contribution in [1.82, 2.24) is 20.1 Å². The molecule has 12 heteroatoms. The largest absolute Gasteiger partial charge is 0.474 e. The third kappa shape index (κ3) is 5.66. The van der Waals surface area contributed by atoms with Gasteiger partial charge >= 0.3 is 17.4 Å². The molecule has 0 aliphatic carbocycles. The molecule has 2 aliphatic rings. The molecule has 192 valence electrons. The molecule has 2 aliphatic heterocycles. The summed E-state index contributed by atoms with van der Waals surface area (Å²) in [6, 6.07) is 8.17. The predicted molar refractivity (Wildman–Crippen MR) is 130 cm³/mol. The van der Waals surface area contributed by atoms with Crippen LogP contribution in [-0.4, -0.2) is 56.7 Å². The van der Waals surface area contributed by atoms with Gasteiger partial charge in [-0.1, -0.05) is 31.1 Å². The summed E-state index contributed by atoms with van der Waals surface area (Å²) in [6.45, 7) is 8.19. The average Bonchev–Trinajstić information content (AvgIpc) is 3.39. The number of hydrogen-bond acceptors (Lipinski definition) is 11. The van der Waals surface area contributed by atoms with E-state index >= 15 is 0 Å². The van der Waals surface area contributed by atoms with Crippen LogP contribution < -0.4 is 14.4 Å². The molecule has 0 spiro atoms. The Labute approximate surface area is 212 Å². The first kappa shape index (κ1) is 24.6. The number of rotatable bonds is 7. The van der Waals surface area contributed by atoms with Gasteiger partial charge in [-0.2, -0.15) is 9.19 Å². The number of aromatic nitrogens is 4. The molecular formula is C24H29N5O6S. The number of nitrogens with zero attached hydrogens (tertiary/aromatic N) is 5. The smallest absolute Gasteiger partial charge is 0.324 e. The summed E-state index contributed by atoms with van der Waals surface area (Å²) in [5, 5.41) is 4.05. The fourth-order valence-electron chi connectivity index (χ4n) is 4.02. The molecule has 2 fully saturated rings. The molecule has 36 heavy (non-hydrogen) atoms. The maximum absolute atomic E-state index is 11.2.